The SMILES string of the molecule is CC1CCN(CCCNC(=O)c2ccc([C@@H]3SCC(=O)N3CCc3ccccc3)cc2)CC1. The van der Waals surface area contributed by atoms with Crippen LogP contribution in [0.15, 0.2) is 54.6 Å². The molecule has 0 aromatic heterocycles. The van der Waals surface area contributed by atoms with E-state index in [2.05, 4.69) is 29.3 Å². The first-order valence-electron chi connectivity index (χ1n) is 12.2. The first-order valence-corrected chi connectivity index (χ1v) is 13.2. The molecule has 0 bridgehead atoms. The van der Waals surface area contributed by atoms with Crippen molar-refractivity contribution in [3.8, 4) is 0 Å². The number of thioether (sulfide) groups is 1. The van der Waals surface area contributed by atoms with Crippen LogP contribution in [-0.4, -0.2) is 60.1 Å². The van der Waals surface area contributed by atoms with Gasteiger partial charge in [0.2, 0.25) is 5.91 Å². The van der Waals surface area contributed by atoms with Gasteiger partial charge in [0.05, 0.1) is 5.75 Å². The van der Waals surface area contributed by atoms with Crippen molar-refractivity contribution in [2.75, 3.05) is 38.5 Å². The molecule has 0 radical (unpaired) electrons. The molecule has 0 spiro atoms. The van der Waals surface area contributed by atoms with Gasteiger partial charge in [0.15, 0.2) is 0 Å². The molecule has 0 unspecified atom stereocenters. The Kier molecular flexibility index (Phi) is 8.46. The molecule has 1 N–H and O–H groups in total. The molecule has 2 heterocycles. The van der Waals surface area contributed by atoms with Crippen molar-refractivity contribution < 1.29 is 9.59 Å². The minimum atomic E-state index is -0.0232. The van der Waals surface area contributed by atoms with E-state index in [4.69, 9.17) is 0 Å². The number of benzene rings is 2. The quantitative estimate of drug-likeness (QED) is 0.559. The van der Waals surface area contributed by atoms with Crippen molar-refractivity contribution in [1.82, 2.24) is 15.1 Å². The third-order valence-electron chi connectivity index (χ3n) is 6.72. The number of carbonyl (C=O) groups excluding carboxylic acids is 2. The Bertz CT molecular complexity index is 911. The van der Waals surface area contributed by atoms with Crippen molar-refractivity contribution in [3.63, 3.8) is 0 Å². The molecule has 5 nitrogen and oxygen atoms in total. The average Bonchev–Trinajstić information content (AvgIpc) is 3.22. The highest BCUT2D eigenvalue weighted by molar-refractivity contribution is 8.00. The minimum absolute atomic E-state index is 0.0191. The first-order chi connectivity index (χ1) is 16.1. The number of likely N-dealkylation sites (tertiary alicyclic amines) is 1. The van der Waals surface area contributed by atoms with Gasteiger partial charge in [0, 0.05) is 18.7 Å². The molecule has 6 heteroatoms. The van der Waals surface area contributed by atoms with Gasteiger partial charge in [-0.15, -0.1) is 11.8 Å². The van der Waals surface area contributed by atoms with Crippen molar-refractivity contribution in [2.24, 2.45) is 5.92 Å². The number of nitrogens with zero attached hydrogens (tertiary/aromatic N) is 2. The summed E-state index contributed by atoms with van der Waals surface area (Å²) in [7, 11) is 0. The molecule has 33 heavy (non-hydrogen) atoms. The van der Waals surface area contributed by atoms with E-state index in [1.165, 1.54) is 31.5 Å². The minimum Gasteiger partial charge on any atom is -0.352 e. The molecular weight excluding hydrogens is 430 g/mol. The van der Waals surface area contributed by atoms with Crippen LogP contribution in [0.2, 0.25) is 0 Å². The fraction of sp³-hybridized carbons (Fsp3) is 0.481. The summed E-state index contributed by atoms with van der Waals surface area (Å²) in [5.74, 6) is 1.52. The van der Waals surface area contributed by atoms with E-state index in [-0.39, 0.29) is 17.2 Å². The van der Waals surface area contributed by atoms with Crippen molar-refractivity contribution in [1.29, 1.82) is 0 Å². The molecule has 1 atom stereocenters. The van der Waals surface area contributed by atoms with E-state index in [0.717, 1.165) is 30.9 Å². The fourth-order valence-corrected chi connectivity index (χ4v) is 5.78. The summed E-state index contributed by atoms with van der Waals surface area (Å²) >= 11 is 1.66. The maximum Gasteiger partial charge on any atom is 0.251 e. The van der Waals surface area contributed by atoms with E-state index in [1.807, 2.05) is 47.4 Å². The number of rotatable bonds is 9. The predicted octanol–water partition coefficient (Wildman–Crippen LogP) is 4.36. The van der Waals surface area contributed by atoms with Gasteiger partial charge in [0.1, 0.15) is 5.37 Å². The van der Waals surface area contributed by atoms with Crippen molar-refractivity contribution >= 4 is 23.6 Å². The highest BCUT2D eigenvalue weighted by atomic mass is 32.2. The van der Waals surface area contributed by atoms with Gasteiger partial charge in [-0.25, -0.2) is 0 Å². The normalized spacial score (nSPS) is 19.7. The van der Waals surface area contributed by atoms with Gasteiger partial charge in [-0.2, -0.15) is 0 Å². The van der Waals surface area contributed by atoms with E-state index < -0.39 is 0 Å². The number of hydrogen-bond donors (Lipinski definition) is 1. The number of hydrogen-bond acceptors (Lipinski definition) is 4. The number of nitrogens with one attached hydrogen (secondary N) is 1. The van der Waals surface area contributed by atoms with Crippen LogP contribution in [0.1, 0.15) is 53.0 Å². The molecular formula is C27H35N3O2S. The summed E-state index contributed by atoms with van der Waals surface area (Å²) in [5.41, 5.74) is 2.99. The van der Waals surface area contributed by atoms with Crippen molar-refractivity contribution in [3.05, 3.63) is 71.3 Å². The molecule has 4 rings (SSSR count). The van der Waals surface area contributed by atoms with Gasteiger partial charge < -0.3 is 15.1 Å². The molecule has 2 aliphatic rings. The third-order valence-corrected chi connectivity index (χ3v) is 7.98. The molecule has 2 saturated heterocycles. The zero-order chi connectivity index (χ0) is 23.0. The Morgan fingerprint density at radius 3 is 2.48 bits per heavy atom. The van der Waals surface area contributed by atoms with Crippen LogP contribution in [0.3, 0.4) is 0 Å². The lowest BCUT2D eigenvalue weighted by Gasteiger charge is -2.30. The van der Waals surface area contributed by atoms with Crippen molar-refractivity contribution in [2.45, 2.75) is 38.0 Å². The standard InChI is InChI=1S/C27H35N3O2S/c1-21-12-17-29(18-13-21)16-5-15-28-26(32)23-8-10-24(11-9-23)27-30(25(31)20-33-27)19-14-22-6-3-2-4-7-22/h2-4,6-11,21,27H,5,12-20H2,1H3,(H,28,32)/t27-/m0/s1. The molecule has 0 saturated carbocycles. The predicted molar refractivity (Wildman–Crippen MR) is 135 cm³/mol. The molecule has 2 aliphatic heterocycles. The van der Waals surface area contributed by atoms with Gasteiger partial charge in [-0.05, 0) is 74.5 Å². The molecule has 2 amide bonds. The number of piperidine rings is 1. The second-order valence-electron chi connectivity index (χ2n) is 9.24. The molecule has 2 aromatic rings. The lowest BCUT2D eigenvalue weighted by atomic mass is 9.99. The van der Waals surface area contributed by atoms with E-state index in [9.17, 15) is 9.59 Å². The van der Waals surface area contributed by atoms with E-state index in [1.54, 1.807) is 11.8 Å². The van der Waals surface area contributed by atoms with E-state index in [0.29, 0.717) is 24.4 Å². The summed E-state index contributed by atoms with van der Waals surface area (Å²) in [4.78, 5) is 29.5. The van der Waals surface area contributed by atoms with Crippen LogP contribution < -0.4 is 5.32 Å². The Hall–Kier alpha value is -2.31. The van der Waals surface area contributed by atoms with Gasteiger partial charge >= 0.3 is 0 Å². The van der Waals surface area contributed by atoms with Gasteiger partial charge in [0.25, 0.3) is 5.91 Å². The lowest BCUT2D eigenvalue weighted by Crippen LogP contribution is -2.35. The highest BCUT2D eigenvalue weighted by Crippen LogP contribution is 2.38. The zero-order valence-corrected chi connectivity index (χ0v) is 20.4. The molecule has 176 valence electrons. The zero-order valence-electron chi connectivity index (χ0n) is 19.5. The van der Waals surface area contributed by atoms with Crippen LogP contribution >= 0.6 is 11.8 Å². The maximum absolute atomic E-state index is 12.6. The van der Waals surface area contributed by atoms with Crippen LogP contribution in [-0.2, 0) is 11.2 Å². The summed E-state index contributed by atoms with van der Waals surface area (Å²) in [5, 5.41) is 3.07. The smallest absolute Gasteiger partial charge is 0.251 e. The Balaban J connectivity index is 1.25. The molecule has 0 aliphatic carbocycles. The molecule has 2 aromatic carbocycles. The Morgan fingerprint density at radius 1 is 1.03 bits per heavy atom. The molecule has 2 fully saturated rings. The maximum atomic E-state index is 12.6. The van der Waals surface area contributed by atoms with Crippen LogP contribution in [0, 0.1) is 5.92 Å². The van der Waals surface area contributed by atoms with Crippen LogP contribution in [0.25, 0.3) is 0 Å². The Morgan fingerprint density at radius 2 is 1.76 bits per heavy atom. The van der Waals surface area contributed by atoms with Gasteiger partial charge in [-0.3, -0.25) is 9.59 Å². The summed E-state index contributed by atoms with van der Waals surface area (Å²) < 4.78 is 0. The fourth-order valence-electron chi connectivity index (χ4n) is 4.56. The number of carbonyl (C=O) groups is 2. The largest absolute Gasteiger partial charge is 0.352 e. The second kappa shape index (κ2) is 11.7. The highest BCUT2D eigenvalue weighted by Gasteiger charge is 2.32. The second-order valence-corrected chi connectivity index (χ2v) is 10.3. The van der Waals surface area contributed by atoms with Gasteiger partial charge in [-0.1, -0.05) is 49.4 Å². The summed E-state index contributed by atoms with van der Waals surface area (Å²) in [6.45, 7) is 7.15. The third kappa shape index (κ3) is 6.61. The summed E-state index contributed by atoms with van der Waals surface area (Å²) in [6.07, 6.45) is 4.40. The van der Waals surface area contributed by atoms with Crippen LogP contribution in [0.4, 0.5) is 0 Å². The van der Waals surface area contributed by atoms with E-state index >= 15 is 0 Å². The summed E-state index contributed by atoms with van der Waals surface area (Å²) in [6, 6.07) is 18.0. The lowest BCUT2D eigenvalue weighted by molar-refractivity contribution is -0.128. The van der Waals surface area contributed by atoms with Crippen LogP contribution in [0.5, 0.6) is 0 Å². The monoisotopic (exact) mass is 465 g/mol. The average molecular weight is 466 g/mol. The first kappa shape index (κ1) is 23.8. The topological polar surface area (TPSA) is 52.7 Å². The number of amides is 2. The Labute approximate surface area is 201 Å².